The number of carbonyl (C=O) groups is 1. The number of hydrogen-bond acceptors (Lipinski definition) is 3. The number of rotatable bonds is 5. The summed E-state index contributed by atoms with van der Waals surface area (Å²) >= 11 is 11.8. The summed E-state index contributed by atoms with van der Waals surface area (Å²) in [5.41, 5.74) is 1.94. The van der Waals surface area contributed by atoms with E-state index in [2.05, 4.69) is 17.1 Å². The lowest BCUT2D eigenvalue weighted by Gasteiger charge is -2.18. The van der Waals surface area contributed by atoms with Gasteiger partial charge in [0.1, 0.15) is 5.75 Å². The molecule has 0 bridgehead atoms. The van der Waals surface area contributed by atoms with E-state index in [1.54, 1.807) is 18.2 Å². The molecule has 1 aliphatic rings. The monoisotopic (exact) mass is 378 g/mol. The number of hydrogen-bond donors (Lipinski definition) is 1. The Kier molecular flexibility index (Phi) is 5.71. The van der Waals surface area contributed by atoms with Gasteiger partial charge >= 0.3 is 0 Å². The molecule has 1 aliphatic heterocycles. The molecule has 6 heteroatoms. The van der Waals surface area contributed by atoms with Gasteiger partial charge in [0.15, 0.2) is 6.61 Å². The van der Waals surface area contributed by atoms with Crippen molar-refractivity contribution in [3.8, 4) is 5.75 Å². The topological polar surface area (TPSA) is 41.6 Å². The molecule has 0 saturated carbocycles. The second-order valence-corrected chi connectivity index (χ2v) is 7.11. The van der Waals surface area contributed by atoms with Gasteiger partial charge in [0.2, 0.25) is 0 Å². The number of nitrogens with one attached hydrogen (secondary N) is 1. The Balaban J connectivity index is 1.51. The quantitative estimate of drug-likeness (QED) is 0.807. The fourth-order valence-corrected chi connectivity index (χ4v) is 3.13. The average Bonchev–Trinajstić information content (AvgIpc) is 3.03. The van der Waals surface area contributed by atoms with Crippen molar-refractivity contribution in [2.75, 3.05) is 29.9 Å². The zero-order chi connectivity index (χ0) is 17.8. The zero-order valence-corrected chi connectivity index (χ0v) is 15.5. The molecule has 1 heterocycles. The van der Waals surface area contributed by atoms with Gasteiger partial charge in [0, 0.05) is 30.5 Å². The molecule has 0 aliphatic carbocycles. The van der Waals surface area contributed by atoms with Gasteiger partial charge in [0.25, 0.3) is 5.91 Å². The van der Waals surface area contributed by atoms with Gasteiger partial charge in [-0.15, -0.1) is 0 Å². The van der Waals surface area contributed by atoms with Crippen molar-refractivity contribution >= 4 is 40.5 Å². The van der Waals surface area contributed by atoms with E-state index in [4.69, 9.17) is 27.9 Å². The summed E-state index contributed by atoms with van der Waals surface area (Å²) in [6.07, 6.45) is 1.23. The predicted octanol–water partition coefficient (Wildman–Crippen LogP) is 4.86. The largest absolute Gasteiger partial charge is 0.484 e. The Morgan fingerprint density at radius 2 is 1.96 bits per heavy atom. The maximum absolute atomic E-state index is 12.0. The molecule has 1 saturated heterocycles. The van der Waals surface area contributed by atoms with E-state index < -0.39 is 0 Å². The van der Waals surface area contributed by atoms with Gasteiger partial charge < -0.3 is 15.0 Å². The predicted molar refractivity (Wildman–Crippen MR) is 103 cm³/mol. The van der Waals surface area contributed by atoms with Crippen LogP contribution in [-0.4, -0.2) is 25.6 Å². The molecule has 2 aromatic carbocycles. The van der Waals surface area contributed by atoms with Crippen LogP contribution in [0.4, 0.5) is 11.4 Å². The van der Waals surface area contributed by atoms with Gasteiger partial charge in [-0.25, -0.2) is 0 Å². The van der Waals surface area contributed by atoms with Gasteiger partial charge in [-0.05, 0) is 48.7 Å². The zero-order valence-electron chi connectivity index (χ0n) is 14.0. The van der Waals surface area contributed by atoms with Crippen molar-refractivity contribution in [3.05, 3.63) is 52.5 Å². The molecule has 25 heavy (non-hydrogen) atoms. The Hall–Kier alpha value is -1.91. The molecule has 1 unspecified atom stereocenters. The molecule has 4 nitrogen and oxygen atoms in total. The first-order chi connectivity index (χ1) is 12.0. The van der Waals surface area contributed by atoms with Crippen molar-refractivity contribution in [1.82, 2.24) is 0 Å². The molecule has 1 atom stereocenters. The highest BCUT2D eigenvalue weighted by atomic mass is 35.5. The van der Waals surface area contributed by atoms with Crippen molar-refractivity contribution in [3.63, 3.8) is 0 Å². The second kappa shape index (κ2) is 7.98. The molecule has 3 rings (SSSR count). The minimum Gasteiger partial charge on any atom is -0.484 e. The number of nitrogens with zero attached hydrogens (tertiary/aromatic N) is 1. The summed E-state index contributed by atoms with van der Waals surface area (Å²) in [6.45, 7) is 4.35. The summed E-state index contributed by atoms with van der Waals surface area (Å²) in [5.74, 6) is 1.01. The number of anilines is 2. The Labute approximate surface area is 157 Å². The lowest BCUT2D eigenvalue weighted by Crippen LogP contribution is -2.21. The van der Waals surface area contributed by atoms with Crippen LogP contribution in [0.1, 0.15) is 13.3 Å². The van der Waals surface area contributed by atoms with Gasteiger partial charge in [-0.2, -0.15) is 0 Å². The number of halogens is 2. The fourth-order valence-electron chi connectivity index (χ4n) is 2.84. The minimum atomic E-state index is -0.228. The van der Waals surface area contributed by atoms with E-state index in [1.165, 1.54) is 12.1 Å². The number of amides is 1. The molecular weight excluding hydrogens is 359 g/mol. The fraction of sp³-hybridized carbons (Fsp3) is 0.316. The molecular formula is C19H20Cl2N2O2. The summed E-state index contributed by atoms with van der Waals surface area (Å²) in [4.78, 5) is 14.4. The Morgan fingerprint density at radius 3 is 2.60 bits per heavy atom. The molecule has 0 radical (unpaired) electrons. The Morgan fingerprint density at radius 1 is 1.20 bits per heavy atom. The molecule has 2 aromatic rings. The first kappa shape index (κ1) is 17.9. The van der Waals surface area contributed by atoms with Crippen LogP contribution in [0.5, 0.6) is 5.75 Å². The standard InChI is InChI=1S/C19H20Cl2N2O2/c1-13-8-9-23(11-13)15-4-2-14(3-5-15)22-19(24)12-25-16-6-7-17(20)18(21)10-16/h2-7,10,13H,8-9,11-12H2,1H3,(H,22,24). The smallest absolute Gasteiger partial charge is 0.262 e. The Bertz CT molecular complexity index is 750. The van der Waals surface area contributed by atoms with Gasteiger partial charge in [-0.1, -0.05) is 30.1 Å². The van der Waals surface area contributed by atoms with Crippen molar-refractivity contribution in [2.45, 2.75) is 13.3 Å². The molecule has 1 amide bonds. The van der Waals surface area contributed by atoms with Crippen molar-refractivity contribution < 1.29 is 9.53 Å². The number of benzene rings is 2. The minimum absolute atomic E-state index is 0.0939. The molecule has 0 aromatic heterocycles. The third-order valence-corrected chi connectivity index (χ3v) is 4.94. The van der Waals surface area contributed by atoms with Crippen LogP contribution >= 0.6 is 23.2 Å². The number of carbonyl (C=O) groups excluding carboxylic acids is 1. The van der Waals surface area contributed by atoms with Crippen LogP contribution in [0.25, 0.3) is 0 Å². The summed E-state index contributed by atoms with van der Waals surface area (Å²) in [5, 5.41) is 3.67. The molecule has 0 spiro atoms. The SMILES string of the molecule is CC1CCN(c2ccc(NC(=O)COc3ccc(Cl)c(Cl)c3)cc2)C1. The van der Waals surface area contributed by atoms with Crippen molar-refractivity contribution in [2.24, 2.45) is 5.92 Å². The van der Waals surface area contributed by atoms with Crippen molar-refractivity contribution in [1.29, 1.82) is 0 Å². The highest BCUT2D eigenvalue weighted by Gasteiger charge is 2.18. The van der Waals surface area contributed by atoms with Crippen LogP contribution in [0.3, 0.4) is 0 Å². The van der Waals surface area contributed by atoms with E-state index in [0.29, 0.717) is 15.8 Å². The average molecular weight is 379 g/mol. The third kappa shape index (κ3) is 4.80. The molecule has 132 valence electrons. The number of ether oxygens (including phenoxy) is 1. The van der Waals surface area contributed by atoms with E-state index in [1.807, 2.05) is 24.3 Å². The lowest BCUT2D eigenvalue weighted by atomic mass is 10.2. The summed E-state index contributed by atoms with van der Waals surface area (Å²) in [6, 6.07) is 12.8. The van der Waals surface area contributed by atoms with Crippen LogP contribution in [0, 0.1) is 5.92 Å². The highest BCUT2D eigenvalue weighted by molar-refractivity contribution is 6.42. The lowest BCUT2D eigenvalue weighted by molar-refractivity contribution is -0.118. The second-order valence-electron chi connectivity index (χ2n) is 6.30. The van der Waals surface area contributed by atoms with E-state index >= 15 is 0 Å². The highest BCUT2D eigenvalue weighted by Crippen LogP contribution is 2.27. The molecule has 1 fully saturated rings. The van der Waals surface area contributed by atoms with Crippen LogP contribution < -0.4 is 15.0 Å². The van der Waals surface area contributed by atoms with Crippen LogP contribution in [0.2, 0.25) is 10.0 Å². The first-order valence-electron chi connectivity index (χ1n) is 8.24. The van der Waals surface area contributed by atoms with Crippen LogP contribution in [0.15, 0.2) is 42.5 Å². The maximum atomic E-state index is 12.0. The normalized spacial score (nSPS) is 16.8. The third-order valence-electron chi connectivity index (χ3n) is 4.20. The van der Waals surface area contributed by atoms with Crippen LogP contribution in [-0.2, 0) is 4.79 Å². The first-order valence-corrected chi connectivity index (χ1v) is 8.99. The van der Waals surface area contributed by atoms with E-state index in [-0.39, 0.29) is 12.5 Å². The molecule has 1 N–H and O–H groups in total. The summed E-state index contributed by atoms with van der Waals surface area (Å²) in [7, 11) is 0. The van der Waals surface area contributed by atoms with E-state index in [0.717, 1.165) is 24.7 Å². The summed E-state index contributed by atoms with van der Waals surface area (Å²) < 4.78 is 5.43. The van der Waals surface area contributed by atoms with Gasteiger partial charge in [0.05, 0.1) is 10.0 Å². The van der Waals surface area contributed by atoms with E-state index in [9.17, 15) is 4.79 Å². The van der Waals surface area contributed by atoms with Gasteiger partial charge in [-0.3, -0.25) is 4.79 Å². The maximum Gasteiger partial charge on any atom is 0.262 e.